The van der Waals surface area contributed by atoms with Crippen molar-refractivity contribution in [3.05, 3.63) is 71.8 Å². The fourth-order valence-corrected chi connectivity index (χ4v) is 2.65. The van der Waals surface area contributed by atoms with Crippen molar-refractivity contribution in [3.63, 3.8) is 0 Å². The zero-order valence-corrected chi connectivity index (χ0v) is 14.9. The van der Waals surface area contributed by atoms with Crippen LogP contribution in [0.5, 0.6) is 0 Å². The summed E-state index contributed by atoms with van der Waals surface area (Å²) in [5, 5.41) is 31.4. The molecule has 28 heavy (non-hydrogen) atoms. The molecule has 0 spiro atoms. The summed E-state index contributed by atoms with van der Waals surface area (Å²) in [7, 11) is 0. The maximum Gasteiger partial charge on any atom is 0.350 e. The SMILES string of the molecule is CCOC(=O)[C@](O)(C(=O)c1ccccc1)[C@](O)(C(=O)O)C(=O)c1ccccc1. The Kier molecular flexibility index (Phi) is 6.07. The maximum atomic E-state index is 12.9. The Hall–Kier alpha value is -3.36. The molecule has 0 aromatic heterocycles. The van der Waals surface area contributed by atoms with E-state index in [2.05, 4.69) is 4.74 Å². The van der Waals surface area contributed by atoms with Crippen molar-refractivity contribution in [2.24, 2.45) is 0 Å². The lowest BCUT2D eigenvalue weighted by molar-refractivity contribution is -0.190. The van der Waals surface area contributed by atoms with Crippen LogP contribution in [-0.2, 0) is 14.3 Å². The molecular formula is C20H18O8. The fraction of sp³-hybridized carbons (Fsp3) is 0.200. The van der Waals surface area contributed by atoms with Gasteiger partial charge in [-0.1, -0.05) is 60.7 Å². The summed E-state index contributed by atoms with van der Waals surface area (Å²) in [6.07, 6.45) is 0. The number of ether oxygens (including phenoxy) is 1. The van der Waals surface area contributed by atoms with E-state index in [0.717, 1.165) is 0 Å². The summed E-state index contributed by atoms with van der Waals surface area (Å²) in [6, 6.07) is 13.4. The Morgan fingerprint density at radius 2 is 1.18 bits per heavy atom. The van der Waals surface area contributed by atoms with Crippen LogP contribution in [0.4, 0.5) is 0 Å². The lowest BCUT2D eigenvalue weighted by atomic mass is 9.73. The number of carbonyl (C=O) groups excluding carboxylic acids is 3. The first-order valence-electron chi connectivity index (χ1n) is 8.26. The van der Waals surface area contributed by atoms with Gasteiger partial charge < -0.3 is 20.1 Å². The smallest absolute Gasteiger partial charge is 0.350 e. The number of Topliss-reactive ketones (excluding diaryl/α,β-unsaturated/α-hetero) is 2. The van der Waals surface area contributed by atoms with Crippen molar-refractivity contribution in [1.29, 1.82) is 0 Å². The average molecular weight is 386 g/mol. The van der Waals surface area contributed by atoms with Crippen molar-refractivity contribution in [3.8, 4) is 0 Å². The largest absolute Gasteiger partial charge is 0.479 e. The van der Waals surface area contributed by atoms with E-state index in [1.807, 2.05) is 0 Å². The van der Waals surface area contributed by atoms with E-state index in [0.29, 0.717) is 0 Å². The van der Waals surface area contributed by atoms with Gasteiger partial charge in [0.05, 0.1) is 6.61 Å². The van der Waals surface area contributed by atoms with Gasteiger partial charge in [0.2, 0.25) is 11.6 Å². The topological polar surface area (TPSA) is 138 Å². The Labute approximate surface area is 160 Å². The van der Waals surface area contributed by atoms with E-state index in [1.165, 1.54) is 61.5 Å². The third-order valence-corrected chi connectivity index (χ3v) is 4.13. The minimum absolute atomic E-state index is 0.293. The molecule has 0 saturated heterocycles. The number of hydrogen-bond acceptors (Lipinski definition) is 7. The average Bonchev–Trinajstić information content (AvgIpc) is 2.72. The molecule has 0 aliphatic heterocycles. The molecule has 0 aliphatic rings. The van der Waals surface area contributed by atoms with Crippen molar-refractivity contribution < 1.29 is 39.2 Å². The third-order valence-electron chi connectivity index (χ3n) is 4.13. The minimum Gasteiger partial charge on any atom is -0.479 e. The first kappa shape index (κ1) is 20.9. The number of aliphatic carboxylic acids is 1. The van der Waals surface area contributed by atoms with E-state index >= 15 is 0 Å². The number of carboxylic acid groups (broad SMARTS) is 1. The molecule has 2 rings (SSSR count). The Bertz CT molecular complexity index is 893. The van der Waals surface area contributed by atoms with Crippen molar-refractivity contribution in [2.45, 2.75) is 18.1 Å². The number of carboxylic acids is 1. The highest BCUT2D eigenvalue weighted by Gasteiger charge is 2.70. The van der Waals surface area contributed by atoms with Crippen molar-refractivity contribution >= 4 is 23.5 Å². The first-order chi connectivity index (χ1) is 13.2. The van der Waals surface area contributed by atoms with Crippen LogP contribution >= 0.6 is 0 Å². The summed E-state index contributed by atoms with van der Waals surface area (Å²) in [5.74, 6) is -7.06. The van der Waals surface area contributed by atoms with Gasteiger partial charge in [-0.25, -0.2) is 9.59 Å². The summed E-state index contributed by atoms with van der Waals surface area (Å²) in [5.41, 5.74) is -8.16. The highest BCUT2D eigenvalue weighted by molar-refractivity contribution is 6.28. The van der Waals surface area contributed by atoms with E-state index < -0.39 is 34.7 Å². The quantitative estimate of drug-likeness (QED) is 0.345. The van der Waals surface area contributed by atoms with Crippen LogP contribution in [0.2, 0.25) is 0 Å². The van der Waals surface area contributed by atoms with Gasteiger partial charge in [-0.05, 0) is 6.92 Å². The Balaban J connectivity index is 2.74. The van der Waals surface area contributed by atoms with Gasteiger partial charge in [-0.3, -0.25) is 9.59 Å². The molecule has 3 N–H and O–H groups in total. The molecule has 2 aromatic carbocycles. The summed E-state index contributed by atoms with van der Waals surface area (Å²) >= 11 is 0. The number of carbonyl (C=O) groups is 4. The van der Waals surface area contributed by atoms with Crippen LogP contribution in [0.15, 0.2) is 60.7 Å². The number of benzene rings is 2. The molecule has 2 aromatic rings. The van der Waals surface area contributed by atoms with Crippen LogP contribution in [0.1, 0.15) is 27.6 Å². The van der Waals surface area contributed by atoms with Gasteiger partial charge in [0, 0.05) is 11.1 Å². The zero-order chi connectivity index (χ0) is 20.9. The number of ketones is 2. The van der Waals surface area contributed by atoms with Crippen LogP contribution in [-0.4, -0.2) is 56.6 Å². The monoisotopic (exact) mass is 386 g/mol. The Morgan fingerprint density at radius 3 is 1.54 bits per heavy atom. The van der Waals surface area contributed by atoms with Crippen molar-refractivity contribution in [1.82, 2.24) is 0 Å². The Morgan fingerprint density at radius 1 is 0.786 bits per heavy atom. The van der Waals surface area contributed by atoms with Crippen LogP contribution in [0.3, 0.4) is 0 Å². The van der Waals surface area contributed by atoms with Crippen LogP contribution in [0, 0.1) is 0 Å². The number of hydrogen-bond donors (Lipinski definition) is 3. The highest BCUT2D eigenvalue weighted by atomic mass is 16.6. The molecule has 0 heterocycles. The summed E-state index contributed by atoms with van der Waals surface area (Å²) in [4.78, 5) is 50.2. The number of esters is 1. The van der Waals surface area contributed by atoms with E-state index in [9.17, 15) is 34.5 Å². The van der Waals surface area contributed by atoms with E-state index in [1.54, 1.807) is 6.07 Å². The predicted molar refractivity (Wildman–Crippen MR) is 95.7 cm³/mol. The molecule has 0 bridgehead atoms. The predicted octanol–water partition coefficient (Wildman–Crippen LogP) is 0.862. The lowest BCUT2D eigenvalue weighted by Gasteiger charge is -2.35. The first-order valence-corrected chi connectivity index (χ1v) is 8.26. The molecule has 0 saturated carbocycles. The van der Waals surface area contributed by atoms with Crippen molar-refractivity contribution in [2.75, 3.05) is 6.61 Å². The molecule has 8 nitrogen and oxygen atoms in total. The van der Waals surface area contributed by atoms with Gasteiger partial charge in [-0.15, -0.1) is 0 Å². The standard InChI is InChI=1S/C20H18O8/c1-2-28-18(25)20(27,16(22)14-11-7-4-8-12-14)19(26,17(23)24)15(21)13-9-5-3-6-10-13/h3-12,26-27H,2H2,1H3,(H,23,24)/t19-,20-/m1/s1. The summed E-state index contributed by atoms with van der Waals surface area (Å²) < 4.78 is 4.65. The van der Waals surface area contributed by atoms with Gasteiger partial charge in [0.25, 0.3) is 11.2 Å². The second-order valence-corrected chi connectivity index (χ2v) is 5.84. The highest BCUT2D eigenvalue weighted by Crippen LogP contribution is 2.32. The van der Waals surface area contributed by atoms with Gasteiger partial charge in [0.1, 0.15) is 0 Å². The molecule has 0 aliphatic carbocycles. The molecule has 2 atom stereocenters. The van der Waals surface area contributed by atoms with Crippen LogP contribution < -0.4 is 0 Å². The second-order valence-electron chi connectivity index (χ2n) is 5.84. The van der Waals surface area contributed by atoms with Gasteiger partial charge >= 0.3 is 11.9 Å². The lowest BCUT2D eigenvalue weighted by Crippen LogP contribution is -2.71. The number of rotatable bonds is 8. The van der Waals surface area contributed by atoms with Gasteiger partial charge in [-0.2, -0.15) is 0 Å². The molecule has 0 unspecified atom stereocenters. The van der Waals surface area contributed by atoms with E-state index in [4.69, 9.17) is 0 Å². The normalized spacial score (nSPS) is 15.0. The van der Waals surface area contributed by atoms with Gasteiger partial charge in [0.15, 0.2) is 0 Å². The molecule has 146 valence electrons. The zero-order valence-electron chi connectivity index (χ0n) is 14.9. The third kappa shape index (κ3) is 3.30. The second kappa shape index (κ2) is 8.12. The molecular weight excluding hydrogens is 368 g/mol. The molecule has 0 amide bonds. The van der Waals surface area contributed by atoms with Crippen LogP contribution in [0.25, 0.3) is 0 Å². The maximum absolute atomic E-state index is 12.9. The molecule has 0 radical (unpaired) electrons. The fourth-order valence-electron chi connectivity index (χ4n) is 2.65. The number of aliphatic hydroxyl groups is 2. The molecule has 8 heteroatoms. The summed E-state index contributed by atoms with van der Waals surface area (Å²) in [6.45, 7) is 1.02. The minimum atomic E-state index is -3.83. The van der Waals surface area contributed by atoms with E-state index in [-0.39, 0.29) is 17.7 Å². The molecule has 0 fully saturated rings.